The average molecular weight is 349 g/mol. The summed E-state index contributed by atoms with van der Waals surface area (Å²) in [6.07, 6.45) is 2.80. The van der Waals surface area contributed by atoms with E-state index in [0.717, 1.165) is 19.4 Å². The molecule has 6 heteroatoms. The van der Waals surface area contributed by atoms with Crippen LogP contribution in [0.25, 0.3) is 0 Å². The zero-order chi connectivity index (χ0) is 18.1. The minimum atomic E-state index is -1.12. The number of ether oxygens (including phenoxy) is 2. The third-order valence-corrected chi connectivity index (χ3v) is 4.73. The number of carboxylic acid groups (broad SMARTS) is 1. The molecular weight excluding hydrogens is 322 g/mol. The summed E-state index contributed by atoms with van der Waals surface area (Å²) >= 11 is 0. The van der Waals surface area contributed by atoms with E-state index in [4.69, 9.17) is 9.47 Å². The van der Waals surface area contributed by atoms with Crippen LogP contribution in [0.2, 0.25) is 0 Å². The van der Waals surface area contributed by atoms with Crippen molar-refractivity contribution in [3.05, 3.63) is 35.9 Å². The lowest BCUT2D eigenvalue weighted by atomic mass is 9.78. The summed E-state index contributed by atoms with van der Waals surface area (Å²) in [4.78, 5) is 23.9. The van der Waals surface area contributed by atoms with Crippen molar-refractivity contribution in [3.8, 4) is 0 Å². The normalized spacial score (nSPS) is 19.3. The third-order valence-electron chi connectivity index (χ3n) is 4.73. The van der Waals surface area contributed by atoms with E-state index in [-0.39, 0.29) is 25.0 Å². The number of carbonyl (C=O) groups is 2. The summed E-state index contributed by atoms with van der Waals surface area (Å²) < 4.78 is 10.9. The van der Waals surface area contributed by atoms with Crippen molar-refractivity contribution >= 4 is 11.9 Å². The van der Waals surface area contributed by atoms with Gasteiger partial charge in [0.15, 0.2) is 0 Å². The van der Waals surface area contributed by atoms with Gasteiger partial charge in [-0.25, -0.2) is 0 Å². The molecule has 1 amide bonds. The molecule has 0 saturated carbocycles. The fourth-order valence-corrected chi connectivity index (χ4v) is 3.03. The Morgan fingerprint density at radius 3 is 2.72 bits per heavy atom. The van der Waals surface area contributed by atoms with Crippen molar-refractivity contribution in [1.29, 1.82) is 0 Å². The van der Waals surface area contributed by atoms with Crippen LogP contribution in [0.1, 0.15) is 38.2 Å². The summed E-state index contributed by atoms with van der Waals surface area (Å²) in [6.45, 7) is 3.47. The predicted molar refractivity (Wildman–Crippen MR) is 93.5 cm³/mol. The second-order valence-corrected chi connectivity index (χ2v) is 6.34. The molecule has 0 spiro atoms. The van der Waals surface area contributed by atoms with E-state index in [2.05, 4.69) is 5.32 Å². The molecule has 6 nitrogen and oxygen atoms in total. The van der Waals surface area contributed by atoms with E-state index in [0.29, 0.717) is 25.2 Å². The van der Waals surface area contributed by atoms with Gasteiger partial charge in [-0.05, 0) is 24.8 Å². The Labute approximate surface area is 148 Å². The molecule has 25 heavy (non-hydrogen) atoms. The number of carbonyl (C=O) groups excluding carboxylic acids is 1. The van der Waals surface area contributed by atoms with Gasteiger partial charge in [-0.3, -0.25) is 9.59 Å². The van der Waals surface area contributed by atoms with Crippen LogP contribution < -0.4 is 5.32 Å². The van der Waals surface area contributed by atoms with Crippen LogP contribution in [0.4, 0.5) is 0 Å². The van der Waals surface area contributed by atoms with Gasteiger partial charge in [-0.15, -0.1) is 0 Å². The molecule has 1 aliphatic heterocycles. The zero-order valence-corrected chi connectivity index (χ0v) is 14.7. The first-order valence-corrected chi connectivity index (χ1v) is 8.83. The van der Waals surface area contributed by atoms with E-state index >= 15 is 0 Å². The van der Waals surface area contributed by atoms with Gasteiger partial charge in [0, 0.05) is 19.6 Å². The molecule has 1 saturated heterocycles. The van der Waals surface area contributed by atoms with Gasteiger partial charge in [0.25, 0.3) is 0 Å². The quantitative estimate of drug-likeness (QED) is 0.632. The Morgan fingerprint density at radius 1 is 1.36 bits per heavy atom. The second-order valence-electron chi connectivity index (χ2n) is 6.34. The van der Waals surface area contributed by atoms with Gasteiger partial charge < -0.3 is 19.9 Å². The minimum Gasteiger partial charge on any atom is -0.481 e. The number of hydrogen-bond donors (Lipinski definition) is 2. The van der Waals surface area contributed by atoms with Crippen LogP contribution in [0.5, 0.6) is 0 Å². The van der Waals surface area contributed by atoms with Gasteiger partial charge >= 0.3 is 5.97 Å². The van der Waals surface area contributed by atoms with Gasteiger partial charge in [0.1, 0.15) is 5.41 Å². The molecule has 138 valence electrons. The van der Waals surface area contributed by atoms with Crippen LogP contribution in [0.3, 0.4) is 0 Å². The van der Waals surface area contributed by atoms with Crippen LogP contribution in [-0.2, 0) is 24.5 Å². The summed E-state index contributed by atoms with van der Waals surface area (Å²) in [5.74, 6) is -1.14. The highest BCUT2D eigenvalue weighted by Gasteiger charge is 2.38. The van der Waals surface area contributed by atoms with Gasteiger partial charge in [-0.2, -0.15) is 0 Å². The van der Waals surface area contributed by atoms with Crippen molar-refractivity contribution in [2.24, 2.45) is 0 Å². The van der Waals surface area contributed by atoms with Crippen molar-refractivity contribution in [1.82, 2.24) is 5.32 Å². The van der Waals surface area contributed by atoms with Gasteiger partial charge in [0.2, 0.25) is 5.91 Å². The maximum Gasteiger partial charge on any atom is 0.315 e. The molecule has 2 N–H and O–H groups in total. The Hall–Kier alpha value is -1.92. The number of carboxylic acids is 1. The SMILES string of the molecule is CCC(CNC(=O)CCOCC1CCCO1)(C(=O)O)c1ccccc1. The lowest BCUT2D eigenvalue weighted by molar-refractivity contribution is -0.144. The molecule has 0 bridgehead atoms. The van der Waals surface area contributed by atoms with Crippen LogP contribution >= 0.6 is 0 Å². The van der Waals surface area contributed by atoms with Gasteiger partial charge in [0.05, 0.1) is 19.3 Å². The lowest BCUT2D eigenvalue weighted by Crippen LogP contribution is -2.46. The topological polar surface area (TPSA) is 84.9 Å². The number of rotatable bonds is 10. The van der Waals surface area contributed by atoms with Crippen molar-refractivity contribution < 1.29 is 24.2 Å². The Balaban J connectivity index is 1.81. The molecule has 1 aliphatic rings. The Morgan fingerprint density at radius 2 is 2.12 bits per heavy atom. The predicted octanol–water partition coefficient (Wildman–Crippen LogP) is 2.12. The summed E-state index contributed by atoms with van der Waals surface area (Å²) in [6, 6.07) is 9.03. The highest BCUT2D eigenvalue weighted by molar-refractivity contribution is 5.83. The highest BCUT2D eigenvalue weighted by Crippen LogP contribution is 2.27. The molecule has 1 heterocycles. The van der Waals surface area contributed by atoms with Crippen molar-refractivity contribution in [3.63, 3.8) is 0 Å². The number of aliphatic carboxylic acids is 1. The number of nitrogens with one attached hydrogen (secondary N) is 1. The van der Waals surface area contributed by atoms with E-state index in [9.17, 15) is 14.7 Å². The fraction of sp³-hybridized carbons (Fsp3) is 0.579. The van der Waals surface area contributed by atoms with Crippen LogP contribution in [0, 0.1) is 0 Å². The Bertz CT molecular complexity index is 556. The van der Waals surface area contributed by atoms with Crippen molar-refractivity contribution in [2.45, 2.75) is 44.1 Å². The van der Waals surface area contributed by atoms with E-state index in [1.807, 2.05) is 25.1 Å². The zero-order valence-electron chi connectivity index (χ0n) is 14.7. The fourth-order valence-electron chi connectivity index (χ4n) is 3.03. The average Bonchev–Trinajstić information content (AvgIpc) is 3.14. The second kappa shape index (κ2) is 9.53. The number of hydrogen-bond acceptors (Lipinski definition) is 4. The standard InChI is InChI=1S/C19H27NO5/c1-2-19(18(22)23,15-7-4-3-5-8-15)14-20-17(21)10-12-24-13-16-9-6-11-25-16/h3-5,7-8,16H,2,6,9-14H2,1H3,(H,20,21)(H,22,23). The molecule has 2 atom stereocenters. The monoisotopic (exact) mass is 349 g/mol. The molecule has 0 radical (unpaired) electrons. The molecule has 0 aliphatic carbocycles. The summed E-state index contributed by atoms with van der Waals surface area (Å²) in [5, 5.41) is 12.5. The third kappa shape index (κ3) is 5.28. The van der Waals surface area contributed by atoms with Crippen molar-refractivity contribution in [2.75, 3.05) is 26.4 Å². The minimum absolute atomic E-state index is 0.0629. The maximum absolute atomic E-state index is 12.0. The smallest absolute Gasteiger partial charge is 0.315 e. The number of amides is 1. The first-order chi connectivity index (χ1) is 12.1. The van der Waals surface area contributed by atoms with Crippen LogP contribution in [0.15, 0.2) is 30.3 Å². The number of benzene rings is 1. The first-order valence-electron chi connectivity index (χ1n) is 8.83. The molecule has 2 rings (SSSR count). The van der Waals surface area contributed by atoms with E-state index in [1.54, 1.807) is 12.1 Å². The molecule has 1 fully saturated rings. The van der Waals surface area contributed by atoms with Crippen LogP contribution in [-0.4, -0.2) is 49.5 Å². The molecule has 2 unspecified atom stereocenters. The largest absolute Gasteiger partial charge is 0.481 e. The molecule has 0 aromatic heterocycles. The highest BCUT2D eigenvalue weighted by atomic mass is 16.5. The Kier molecular flexibility index (Phi) is 7.40. The maximum atomic E-state index is 12.0. The van der Waals surface area contributed by atoms with E-state index in [1.165, 1.54) is 0 Å². The molecule has 1 aromatic rings. The molecule has 1 aromatic carbocycles. The van der Waals surface area contributed by atoms with Gasteiger partial charge in [-0.1, -0.05) is 37.3 Å². The molecular formula is C19H27NO5. The van der Waals surface area contributed by atoms with E-state index < -0.39 is 11.4 Å². The first kappa shape index (κ1) is 19.4. The lowest BCUT2D eigenvalue weighted by Gasteiger charge is -2.29. The summed E-state index contributed by atoms with van der Waals surface area (Å²) in [7, 11) is 0. The summed E-state index contributed by atoms with van der Waals surface area (Å²) in [5.41, 5.74) is -0.421.